The topological polar surface area (TPSA) is 33.7 Å². The zero-order chi connectivity index (χ0) is 13.1. The molecule has 0 bridgehead atoms. The normalized spacial score (nSPS) is 13.6. The molecule has 0 spiro atoms. The van der Waals surface area contributed by atoms with E-state index < -0.39 is 0 Å². The minimum absolute atomic E-state index is 0.440. The van der Waals surface area contributed by atoms with Crippen LogP contribution in [0.4, 0.5) is 0 Å². The fraction of sp³-hybridized carbons (Fsp3) is 1.00. The summed E-state index contributed by atoms with van der Waals surface area (Å²) in [5.41, 5.74) is 0. The quantitative estimate of drug-likeness (QED) is 0.556. The summed E-state index contributed by atoms with van der Waals surface area (Å²) in [7, 11) is 5.66. The van der Waals surface area contributed by atoms with Gasteiger partial charge in [0.25, 0.3) is 0 Å². The molecule has 0 aliphatic carbocycles. The molecule has 0 aliphatic rings. The van der Waals surface area contributed by atoms with Gasteiger partial charge < -0.3 is 14.8 Å². The molecule has 0 fully saturated rings. The summed E-state index contributed by atoms with van der Waals surface area (Å²) in [6.45, 7) is 9.13. The van der Waals surface area contributed by atoms with Gasteiger partial charge in [-0.3, -0.25) is 4.90 Å². The van der Waals surface area contributed by atoms with Gasteiger partial charge >= 0.3 is 0 Å². The van der Waals surface area contributed by atoms with Crippen LogP contribution in [0.25, 0.3) is 0 Å². The Bertz CT molecular complexity index is 165. The van der Waals surface area contributed by atoms with Crippen molar-refractivity contribution in [3.8, 4) is 0 Å². The van der Waals surface area contributed by atoms with Gasteiger partial charge in [-0.1, -0.05) is 13.8 Å². The van der Waals surface area contributed by atoms with Gasteiger partial charge in [-0.05, 0) is 25.9 Å². The second-order valence-corrected chi connectivity index (χ2v) is 4.99. The van der Waals surface area contributed by atoms with Crippen molar-refractivity contribution in [2.45, 2.75) is 26.3 Å². The van der Waals surface area contributed by atoms with Crippen LogP contribution in [0.3, 0.4) is 0 Å². The fourth-order valence-electron chi connectivity index (χ4n) is 1.71. The van der Waals surface area contributed by atoms with E-state index >= 15 is 0 Å². The molecule has 0 saturated carbocycles. The molecule has 0 aromatic rings. The third-order valence-corrected chi connectivity index (χ3v) is 2.77. The monoisotopic (exact) mass is 246 g/mol. The Hall–Kier alpha value is -0.160. The van der Waals surface area contributed by atoms with E-state index in [2.05, 4.69) is 31.1 Å². The lowest BCUT2D eigenvalue weighted by atomic mass is 10.2. The molecule has 0 aromatic heterocycles. The van der Waals surface area contributed by atoms with Crippen LogP contribution in [0.5, 0.6) is 0 Å². The number of ether oxygens (including phenoxy) is 2. The van der Waals surface area contributed by atoms with Crippen LogP contribution in [0.15, 0.2) is 0 Å². The molecule has 4 nitrogen and oxygen atoms in total. The second-order valence-electron chi connectivity index (χ2n) is 4.99. The molecule has 17 heavy (non-hydrogen) atoms. The smallest absolute Gasteiger partial charge is 0.0630 e. The molecule has 104 valence electrons. The zero-order valence-electron chi connectivity index (χ0n) is 12.2. The number of hydrogen-bond donors (Lipinski definition) is 1. The third-order valence-electron chi connectivity index (χ3n) is 2.77. The molecule has 0 saturated heterocycles. The predicted molar refractivity (Wildman–Crippen MR) is 72.5 cm³/mol. The number of methoxy groups -OCH3 is 2. The van der Waals surface area contributed by atoms with Crippen molar-refractivity contribution in [1.82, 2.24) is 10.2 Å². The van der Waals surface area contributed by atoms with E-state index in [4.69, 9.17) is 9.47 Å². The average molecular weight is 246 g/mol. The lowest BCUT2D eigenvalue weighted by molar-refractivity contribution is 0.0964. The predicted octanol–water partition coefficient (Wildman–Crippen LogP) is 1.22. The highest BCUT2D eigenvalue weighted by Crippen LogP contribution is 1.99. The van der Waals surface area contributed by atoms with Crippen molar-refractivity contribution in [1.29, 1.82) is 0 Å². The van der Waals surface area contributed by atoms with Gasteiger partial charge in [0, 0.05) is 40.0 Å². The molecule has 0 radical (unpaired) electrons. The second kappa shape index (κ2) is 11.0. The molecule has 1 atom stereocenters. The van der Waals surface area contributed by atoms with Crippen molar-refractivity contribution in [3.63, 3.8) is 0 Å². The third kappa shape index (κ3) is 9.53. The van der Waals surface area contributed by atoms with Gasteiger partial charge in [-0.2, -0.15) is 0 Å². The summed E-state index contributed by atoms with van der Waals surface area (Å²) in [4.78, 5) is 2.34. The van der Waals surface area contributed by atoms with E-state index in [0.29, 0.717) is 12.0 Å². The fourth-order valence-corrected chi connectivity index (χ4v) is 1.71. The Kier molecular flexibility index (Phi) is 10.9. The van der Waals surface area contributed by atoms with E-state index in [1.54, 1.807) is 14.2 Å². The van der Waals surface area contributed by atoms with Crippen LogP contribution in [-0.2, 0) is 9.47 Å². The van der Waals surface area contributed by atoms with Gasteiger partial charge in [0.15, 0.2) is 0 Å². The van der Waals surface area contributed by atoms with Crippen LogP contribution >= 0.6 is 0 Å². The van der Waals surface area contributed by atoms with Crippen LogP contribution in [0, 0.1) is 5.92 Å². The molecule has 1 unspecified atom stereocenters. The van der Waals surface area contributed by atoms with Gasteiger partial charge in [0.2, 0.25) is 0 Å². The Morgan fingerprint density at radius 2 is 1.82 bits per heavy atom. The minimum atomic E-state index is 0.440. The molecule has 1 N–H and O–H groups in total. The summed E-state index contributed by atoms with van der Waals surface area (Å²) in [5.74, 6) is 0.692. The SMILES string of the molecule is COCCCN(C)C(CNCC(C)C)COC. The van der Waals surface area contributed by atoms with Crippen LogP contribution < -0.4 is 5.32 Å². The van der Waals surface area contributed by atoms with Gasteiger partial charge in [-0.25, -0.2) is 0 Å². The molecule has 0 amide bonds. The summed E-state index contributed by atoms with van der Waals surface area (Å²) in [6, 6.07) is 0.440. The maximum absolute atomic E-state index is 5.28. The summed E-state index contributed by atoms with van der Waals surface area (Å²) >= 11 is 0. The van der Waals surface area contributed by atoms with Crippen molar-refractivity contribution in [2.75, 3.05) is 54.1 Å². The highest BCUT2D eigenvalue weighted by molar-refractivity contribution is 4.71. The maximum Gasteiger partial charge on any atom is 0.0630 e. The van der Waals surface area contributed by atoms with Crippen molar-refractivity contribution in [2.24, 2.45) is 5.92 Å². The Labute approximate surface area is 107 Å². The molecule has 4 heteroatoms. The Morgan fingerprint density at radius 1 is 1.12 bits per heavy atom. The standard InChI is InChI=1S/C13H30N2O2/c1-12(2)9-14-10-13(11-17-5)15(3)7-6-8-16-4/h12-14H,6-11H2,1-5H3. The largest absolute Gasteiger partial charge is 0.385 e. The van der Waals surface area contributed by atoms with E-state index in [9.17, 15) is 0 Å². The zero-order valence-corrected chi connectivity index (χ0v) is 12.2. The molecule has 0 rings (SSSR count). The van der Waals surface area contributed by atoms with Gasteiger partial charge in [0.05, 0.1) is 6.61 Å². The summed E-state index contributed by atoms with van der Waals surface area (Å²) < 4.78 is 10.3. The molecule has 0 aromatic carbocycles. The summed E-state index contributed by atoms with van der Waals surface area (Å²) in [6.07, 6.45) is 1.07. The molecule has 0 aliphatic heterocycles. The van der Waals surface area contributed by atoms with E-state index in [1.807, 2.05) is 0 Å². The van der Waals surface area contributed by atoms with E-state index in [0.717, 1.165) is 39.3 Å². The lowest BCUT2D eigenvalue weighted by Crippen LogP contribution is -2.44. The first-order valence-electron chi connectivity index (χ1n) is 6.50. The van der Waals surface area contributed by atoms with Crippen molar-refractivity contribution < 1.29 is 9.47 Å². The van der Waals surface area contributed by atoms with Crippen LogP contribution in [0.2, 0.25) is 0 Å². The lowest BCUT2D eigenvalue weighted by Gasteiger charge is -2.28. The summed E-state index contributed by atoms with van der Waals surface area (Å²) in [5, 5.41) is 3.49. The maximum atomic E-state index is 5.28. The van der Waals surface area contributed by atoms with Gasteiger partial charge in [0.1, 0.15) is 0 Å². The average Bonchev–Trinajstić information content (AvgIpc) is 2.27. The van der Waals surface area contributed by atoms with E-state index in [1.165, 1.54) is 0 Å². The number of nitrogens with one attached hydrogen (secondary N) is 1. The first kappa shape index (κ1) is 16.8. The number of hydrogen-bond acceptors (Lipinski definition) is 4. The first-order chi connectivity index (χ1) is 8.11. The highest BCUT2D eigenvalue weighted by atomic mass is 16.5. The molecular formula is C13H30N2O2. The van der Waals surface area contributed by atoms with Crippen LogP contribution in [-0.4, -0.2) is 65.1 Å². The molecule has 0 heterocycles. The number of rotatable bonds is 11. The Balaban J connectivity index is 3.84. The number of nitrogens with zero attached hydrogens (tertiary/aromatic N) is 1. The molecular weight excluding hydrogens is 216 g/mol. The van der Waals surface area contributed by atoms with Crippen molar-refractivity contribution in [3.05, 3.63) is 0 Å². The van der Waals surface area contributed by atoms with Gasteiger partial charge in [-0.15, -0.1) is 0 Å². The minimum Gasteiger partial charge on any atom is -0.385 e. The highest BCUT2D eigenvalue weighted by Gasteiger charge is 2.13. The van der Waals surface area contributed by atoms with Crippen molar-refractivity contribution >= 4 is 0 Å². The first-order valence-corrected chi connectivity index (χ1v) is 6.50. The van der Waals surface area contributed by atoms with E-state index in [-0.39, 0.29) is 0 Å². The number of likely N-dealkylation sites (N-methyl/N-ethyl adjacent to an activating group) is 1. The van der Waals surface area contributed by atoms with Crippen LogP contribution in [0.1, 0.15) is 20.3 Å². The Morgan fingerprint density at radius 3 is 2.35 bits per heavy atom.